The number of aliphatic carboxylic acids is 1. The third-order valence-corrected chi connectivity index (χ3v) is 4.66. The van der Waals surface area contributed by atoms with Gasteiger partial charge in [-0.15, -0.1) is 0 Å². The summed E-state index contributed by atoms with van der Waals surface area (Å²) in [5, 5.41) is 8.70. The first-order chi connectivity index (χ1) is 12.2. The fraction of sp³-hybridized carbons (Fsp3) is 0.522. The van der Waals surface area contributed by atoms with Crippen molar-refractivity contribution < 1.29 is 14.6 Å². The summed E-state index contributed by atoms with van der Waals surface area (Å²) in [4.78, 5) is 10.6. The van der Waals surface area contributed by atoms with Crippen LogP contribution in [0.15, 0.2) is 48.1 Å². The molecule has 0 bridgehead atoms. The molecule has 0 aromatic heterocycles. The van der Waals surface area contributed by atoms with E-state index in [-0.39, 0.29) is 5.41 Å². The van der Waals surface area contributed by atoms with Crippen LogP contribution in [0.1, 0.15) is 58.9 Å². The monoisotopic (exact) mass is 358 g/mol. The minimum Gasteiger partial charge on any atom is -0.497 e. The molecule has 0 aliphatic heterocycles. The van der Waals surface area contributed by atoms with Crippen LogP contribution in [0, 0.1) is 11.3 Å². The van der Waals surface area contributed by atoms with Gasteiger partial charge in [-0.3, -0.25) is 0 Å². The van der Waals surface area contributed by atoms with E-state index in [1.54, 1.807) is 7.11 Å². The van der Waals surface area contributed by atoms with Gasteiger partial charge in [0.15, 0.2) is 0 Å². The number of hydrogen-bond acceptors (Lipinski definition) is 2. The molecule has 0 aliphatic rings. The van der Waals surface area contributed by atoms with Gasteiger partial charge in [-0.25, -0.2) is 4.79 Å². The Hall–Kier alpha value is -2.03. The summed E-state index contributed by atoms with van der Waals surface area (Å²) in [6.07, 6.45) is 10.9. The van der Waals surface area contributed by atoms with Gasteiger partial charge in [0.2, 0.25) is 0 Å². The van der Waals surface area contributed by atoms with Crippen LogP contribution in [0.5, 0.6) is 5.75 Å². The average molecular weight is 359 g/mol. The highest BCUT2D eigenvalue weighted by molar-refractivity contribution is 5.81. The van der Waals surface area contributed by atoms with Crippen molar-refractivity contribution in [2.45, 2.75) is 59.8 Å². The first-order valence-corrected chi connectivity index (χ1v) is 9.42. The number of allylic oxidation sites excluding steroid dienone is 3. The number of carboxylic acids is 1. The number of benzene rings is 1. The van der Waals surface area contributed by atoms with Gasteiger partial charge in [0.1, 0.15) is 5.75 Å². The summed E-state index contributed by atoms with van der Waals surface area (Å²) in [6.45, 7) is 8.75. The smallest absolute Gasteiger partial charge is 0.328 e. The molecular weight excluding hydrogens is 324 g/mol. The third kappa shape index (κ3) is 9.45. The van der Waals surface area contributed by atoms with Crippen LogP contribution in [0.25, 0.3) is 0 Å². The number of carboxylic acid groups (broad SMARTS) is 1. The van der Waals surface area contributed by atoms with Crippen LogP contribution < -0.4 is 4.74 Å². The Morgan fingerprint density at radius 1 is 1.27 bits per heavy atom. The molecule has 3 heteroatoms. The fourth-order valence-electron chi connectivity index (χ4n) is 3.16. The lowest BCUT2D eigenvalue weighted by Crippen LogP contribution is -2.15. The maximum Gasteiger partial charge on any atom is 0.328 e. The zero-order valence-electron chi connectivity index (χ0n) is 16.9. The van der Waals surface area contributed by atoms with E-state index in [1.807, 2.05) is 25.1 Å². The molecule has 3 nitrogen and oxygen atoms in total. The minimum atomic E-state index is -0.890. The molecule has 1 rings (SSSR count). The Balaban J connectivity index is 2.35. The van der Waals surface area contributed by atoms with Crippen molar-refractivity contribution in [3.8, 4) is 5.75 Å². The van der Waals surface area contributed by atoms with Crippen LogP contribution >= 0.6 is 0 Å². The summed E-state index contributed by atoms with van der Waals surface area (Å²) in [5.41, 5.74) is 2.42. The number of ether oxygens (including phenoxy) is 1. The highest BCUT2D eigenvalue weighted by Crippen LogP contribution is 2.30. The second-order valence-electron chi connectivity index (χ2n) is 8.05. The molecule has 0 saturated carbocycles. The second-order valence-corrected chi connectivity index (χ2v) is 8.05. The molecular formula is C23H34O3. The Morgan fingerprint density at radius 3 is 2.50 bits per heavy atom. The predicted molar refractivity (Wildman–Crippen MR) is 109 cm³/mol. The number of rotatable bonds is 11. The van der Waals surface area contributed by atoms with Crippen molar-refractivity contribution >= 4 is 5.97 Å². The zero-order valence-corrected chi connectivity index (χ0v) is 16.9. The highest BCUT2D eigenvalue weighted by atomic mass is 16.5. The van der Waals surface area contributed by atoms with E-state index < -0.39 is 5.97 Å². The quantitative estimate of drug-likeness (QED) is 0.387. The predicted octanol–water partition coefficient (Wildman–Crippen LogP) is 6.05. The molecule has 1 aromatic carbocycles. The van der Waals surface area contributed by atoms with Crippen LogP contribution in [0.3, 0.4) is 0 Å². The SMILES string of the molecule is COc1ccc(CC(C)(C)CCCC(C)CC=CC(C)=CC(=O)O)cc1. The molecule has 0 saturated heterocycles. The van der Waals surface area contributed by atoms with Gasteiger partial charge >= 0.3 is 5.97 Å². The second kappa shape index (κ2) is 10.8. The minimum absolute atomic E-state index is 0.283. The molecule has 1 N–H and O–H groups in total. The maximum absolute atomic E-state index is 10.6. The lowest BCUT2D eigenvalue weighted by Gasteiger charge is -2.25. The van der Waals surface area contributed by atoms with Crippen molar-refractivity contribution in [2.75, 3.05) is 7.11 Å². The summed E-state index contributed by atoms with van der Waals surface area (Å²) >= 11 is 0. The van der Waals surface area contributed by atoms with Gasteiger partial charge in [0, 0.05) is 6.08 Å². The fourth-order valence-corrected chi connectivity index (χ4v) is 3.16. The van der Waals surface area contributed by atoms with E-state index in [4.69, 9.17) is 9.84 Å². The van der Waals surface area contributed by atoms with Crippen LogP contribution in [-0.4, -0.2) is 18.2 Å². The van der Waals surface area contributed by atoms with Crippen molar-refractivity contribution in [1.29, 1.82) is 0 Å². The van der Waals surface area contributed by atoms with Gasteiger partial charge in [0.05, 0.1) is 7.11 Å². The van der Waals surface area contributed by atoms with Crippen molar-refractivity contribution in [2.24, 2.45) is 11.3 Å². The van der Waals surface area contributed by atoms with Gasteiger partial charge < -0.3 is 9.84 Å². The van der Waals surface area contributed by atoms with Gasteiger partial charge in [-0.1, -0.05) is 57.9 Å². The Morgan fingerprint density at radius 2 is 1.92 bits per heavy atom. The highest BCUT2D eigenvalue weighted by Gasteiger charge is 2.18. The van der Waals surface area contributed by atoms with Gasteiger partial charge in [-0.05, 0) is 60.8 Å². The average Bonchev–Trinajstić information content (AvgIpc) is 2.54. The van der Waals surface area contributed by atoms with Crippen molar-refractivity contribution in [3.63, 3.8) is 0 Å². The lowest BCUT2D eigenvalue weighted by atomic mass is 9.80. The largest absolute Gasteiger partial charge is 0.497 e. The van der Waals surface area contributed by atoms with E-state index in [9.17, 15) is 4.79 Å². The normalized spacial score (nSPS) is 13.8. The molecule has 1 aromatic rings. The molecule has 144 valence electrons. The summed E-state index contributed by atoms with van der Waals surface area (Å²) in [7, 11) is 1.69. The first kappa shape index (κ1) is 22.0. The van der Waals surface area contributed by atoms with Gasteiger partial charge in [0.25, 0.3) is 0 Å². The van der Waals surface area contributed by atoms with Gasteiger partial charge in [-0.2, -0.15) is 0 Å². The molecule has 1 atom stereocenters. The molecule has 0 fully saturated rings. The molecule has 0 heterocycles. The third-order valence-electron chi connectivity index (χ3n) is 4.66. The van der Waals surface area contributed by atoms with Crippen molar-refractivity contribution in [1.82, 2.24) is 0 Å². The molecule has 0 spiro atoms. The topological polar surface area (TPSA) is 46.5 Å². The summed E-state index contributed by atoms with van der Waals surface area (Å²) in [5.74, 6) is 0.627. The Kier molecular flexibility index (Phi) is 9.18. The molecule has 0 amide bonds. The van der Waals surface area contributed by atoms with E-state index in [1.165, 1.54) is 30.9 Å². The van der Waals surface area contributed by atoms with E-state index in [0.29, 0.717) is 5.92 Å². The van der Waals surface area contributed by atoms with E-state index >= 15 is 0 Å². The van der Waals surface area contributed by atoms with E-state index in [0.717, 1.165) is 24.2 Å². The Bertz CT molecular complexity index is 609. The van der Waals surface area contributed by atoms with Crippen LogP contribution in [0.2, 0.25) is 0 Å². The Labute approximate surface area is 158 Å². The van der Waals surface area contributed by atoms with Crippen LogP contribution in [0.4, 0.5) is 0 Å². The molecule has 1 unspecified atom stereocenters. The number of hydrogen-bond donors (Lipinski definition) is 1. The van der Waals surface area contributed by atoms with Crippen molar-refractivity contribution in [3.05, 3.63) is 53.6 Å². The molecule has 0 radical (unpaired) electrons. The number of methoxy groups -OCH3 is 1. The van der Waals surface area contributed by atoms with Crippen LogP contribution in [-0.2, 0) is 11.2 Å². The van der Waals surface area contributed by atoms with E-state index in [2.05, 4.69) is 39.0 Å². The lowest BCUT2D eigenvalue weighted by molar-refractivity contribution is -0.131. The maximum atomic E-state index is 10.6. The first-order valence-electron chi connectivity index (χ1n) is 9.42. The standard InChI is InChI=1S/C23H34O3/c1-18(8-6-9-19(2)16-22(24)25)10-7-15-23(3,4)17-20-11-13-21(26-5)14-12-20/h6,9,11-14,16,18H,7-8,10,15,17H2,1-5H3,(H,24,25). The molecule has 26 heavy (non-hydrogen) atoms. The number of carbonyl (C=O) groups is 1. The summed E-state index contributed by atoms with van der Waals surface area (Å²) < 4.78 is 5.22. The molecule has 0 aliphatic carbocycles. The zero-order chi connectivity index (χ0) is 19.6. The summed E-state index contributed by atoms with van der Waals surface area (Å²) in [6, 6.07) is 8.36.